The Balaban J connectivity index is 2.69. The highest BCUT2D eigenvalue weighted by atomic mass is 16.3. The number of nitrogens with zero attached hydrogens (tertiary/aromatic N) is 2. The van der Waals surface area contributed by atoms with Gasteiger partial charge in [-0.3, -0.25) is 9.80 Å². The van der Waals surface area contributed by atoms with Crippen molar-refractivity contribution >= 4 is 5.91 Å². The van der Waals surface area contributed by atoms with Gasteiger partial charge < -0.3 is 5.11 Å². The molecule has 1 aliphatic heterocycles. The van der Waals surface area contributed by atoms with E-state index in [0.29, 0.717) is 6.42 Å². The van der Waals surface area contributed by atoms with Crippen LogP contribution >= 0.6 is 0 Å². The fourth-order valence-corrected chi connectivity index (χ4v) is 1.92. The molecule has 0 aliphatic carbocycles. The third-order valence-corrected chi connectivity index (χ3v) is 2.98. The maximum Gasteiger partial charge on any atom is 0.236 e. The van der Waals surface area contributed by atoms with Crippen LogP contribution < -0.4 is 0 Å². The molecule has 4 heteroatoms. The topological polar surface area (TPSA) is 43.8 Å². The van der Waals surface area contributed by atoms with Crippen molar-refractivity contribution in [3.63, 3.8) is 0 Å². The van der Waals surface area contributed by atoms with E-state index >= 15 is 0 Å². The second-order valence-electron chi connectivity index (χ2n) is 4.26. The van der Waals surface area contributed by atoms with Gasteiger partial charge in [-0.2, -0.15) is 0 Å². The summed E-state index contributed by atoms with van der Waals surface area (Å²) < 4.78 is 0. The van der Waals surface area contributed by atoms with Crippen LogP contribution in [-0.2, 0) is 4.79 Å². The molecule has 1 aliphatic rings. The van der Waals surface area contributed by atoms with Crippen molar-refractivity contribution in [2.24, 2.45) is 0 Å². The van der Waals surface area contributed by atoms with Crippen molar-refractivity contribution < 1.29 is 9.90 Å². The number of carbonyl (C=O) groups is 1. The standard InChI is InChI=1S/C11H22N2O2/c1-4-7-13-11(15)6-5-8-12(13)9(2)10(3)14/h9-10,14H,4-8H2,1-3H3. The molecule has 0 aromatic heterocycles. The quantitative estimate of drug-likeness (QED) is 0.759. The third kappa shape index (κ3) is 2.92. The summed E-state index contributed by atoms with van der Waals surface area (Å²) in [7, 11) is 0. The molecule has 0 aromatic rings. The van der Waals surface area contributed by atoms with Crippen molar-refractivity contribution in [3.05, 3.63) is 0 Å². The molecule has 0 bridgehead atoms. The number of amides is 1. The summed E-state index contributed by atoms with van der Waals surface area (Å²) in [6.45, 7) is 7.43. The third-order valence-electron chi connectivity index (χ3n) is 2.98. The van der Waals surface area contributed by atoms with Crippen LogP contribution in [0, 0.1) is 0 Å². The fourth-order valence-electron chi connectivity index (χ4n) is 1.92. The van der Waals surface area contributed by atoms with Gasteiger partial charge in [0.1, 0.15) is 0 Å². The predicted octanol–water partition coefficient (Wildman–Crippen LogP) is 1.01. The Kier molecular flexibility index (Phi) is 4.54. The number of hydrogen-bond acceptors (Lipinski definition) is 3. The number of aliphatic hydroxyl groups is 1. The van der Waals surface area contributed by atoms with E-state index in [-0.39, 0.29) is 11.9 Å². The number of rotatable bonds is 4. The van der Waals surface area contributed by atoms with Gasteiger partial charge in [0, 0.05) is 19.5 Å². The van der Waals surface area contributed by atoms with Crippen molar-refractivity contribution in [1.29, 1.82) is 0 Å². The van der Waals surface area contributed by atoms with Crippen LogP contribution in [0.4, 0.5) is 0 Å². The lowest BCUT2D eigenvalue weighted by Crippen LogP contribution is -2.56. The van der Waals surface area contributed by atoms with Crippen LogP contribution in [0.5, 0.6) is 0 Å². The molecule has 0 aromatic carbocycles. The monoisotopic (exact) mass is 214 g/mol. The Labute approximate surface area is 91.8 Å². The summed E-state index contributed by atoms with van der Waals surface area (Å²) in [5.74, 6) is 0.190. The molecule has 1 saturated heterocycles. The first-order valence-corrected chi connectivity index (χ1v) is 5.83. The minimum atomic E-state index is -0.407. The van der Waals surface area contributed by atoms with E-state index < -0.39 is 6.10 Å². The largest absolute Gasteiger partial charge is 0.392 e. The minimum Gasteiger partial charge on any atom is -0.392 e. The van der Waals surface area contributed by atoms with Crippen LogP contribution in [0.1, 0.15) is 40.0 Å². The van der Waals surface area contributed by atoms with Gasteiger partial charge in [0.25, 0.3) is 0 Å². The van der Waals surface area contributed by atoms with E-state index in [1.165, 1.54) is 0 Å². The van der Waals surface area contributed by atoms with E-state index in [9.17, 15) is 9.90 Å². The summed E-state index contributed by atoms with van der Waals surface area (Å²) in [6, 6.07) is 0.0146. The summed E-state index contributed by atoms with van der Waals surface area (Å²) >= 11 is 0. The lowest BCUT2D eigenvalue weighted by molar-refractivity contribution is -0.165. The SMILES string of the molecule is CCCN1C(=O)CCCN1C(C)C(C)O. The van der Waals surface area contributed by atoms with E-state index in [4.69, 9.17) is 0 Å². The highest BCUT2D eigenvalue weighted by molar-refractivity contribution is 5.76. The number of aliphatic hydroxyl groups excluding tert-OH is 1. The van der Waals surface area contributed by atoms with Gasteiger partial charge in [-0.05, 0) is 26.7 Å². The lowest BCUT2D eigenvalue weighted by atomic mass is 10.1. The Morgan fingerprint density at radius 1 is 1.47 bits per heavy atom. The molecule has 1 N–H and O–H groups in total. The predicted molar refractivity (Wildman–Crippen MR) is 59.1 cm³/mol. The van der Waals surface area contributed by atoms with Crippen molar-refractivity contribution in [2.45, 2.75) is 52.2 Å². The highest BCUT2D eigenvalue weighted by Gasteiger charge is 2.30. The van der Waals surface area contributed by atoms with Gasteiger partial charge in [-0.25, -0.2) is 5.01 Å². The molecule has 0 radical (unpaired) electrons. The first-order valence-electron chi connectivity index (χ1n) is 5.83. The smallest absolute Gasteiger partial charge is 0.236 e. The summed E-state index contributed by atoms with van der Waals surface area (Å²) in [5, 5.41) is 13.4. The van der Waals surface area contributed by atoms with Crippen molar-refractivity contribution in [3.8, 4) is 0 Å². The van der Waals surface area contributed by atoms with E-state index in [2.05, 4.69) is 6.92 Å². The van der Waals surface area contributed by atoms with Crippen LogP contribution in [-0.4, -0.2) is 46.3 Å². The maximum atomic E-state index is 11.7. The second kappa shape index (κ2) is 5.47. The summed E-state index contributed by atoms with van der Waals surface area (Å²) in [5.41, 5.74) is 0. The molecular formula is C11H22N2O2. The second-order valence-corrected chi connectivity index (χ2v) is 4.26. The fraction of sp³-hybridized carbons (Fsp3) is 0.909. The van der Waals surface area contributed by atoms with E-state index in [0.717, 1.165) is 25.9 Å². The molecule has 88 valence electrons. The first kappa shape index (κ1) is 12.5. The Hall–Kier alpha value is -0.610. The van der Waals surface area contributed by atoms with Crippen molar-refractivity contribution in [1.82, 2.24) is 10.0 Å². The Morgan fingerprint density at radius 2 is 2.13 bits per heavy atom. The van der Waals surface area contributed by atoms with Crippen LogP contribution in [0.25, 0.3) is 0 Å². The molecule has 2 atom stereocenters. The zero-order valence-corrected chi connectivity index (χ0v) is 9.94. The average molecular weight is 214 g/mol. The van der Waals surface area contributed by atoms with Gasteiger partial charge in [-0.15, -0.1) is 0 Å². The normalized spacial score (nSPS) is 22.9. The van der Waals surface area contributed by atoms with Gasteiger partial charge in [-0.1, -0.05) is 6.92 Å². The molecule has 1 rings (SSSR count). The molecule has 0 saturated carbocycles. The maximum absolute atomic E-state index is 11.7. The zero-order chi connectivity index (χ0) is 11.4. The number of hydrogen-bond donors (Lipinski definition) is 1. The van der Waals surface area contributed by atoms with Gasteiger partial charge in [0.05, 0.1) is 12.1 Å². The summed E-state index contributed by atoms with van der Waals surface area (Å²) in [4.78, 5) is 11.7. The molecule has 2 unspecified atom stereocenters. The van der Waals surface area contributed by atoms with E-state index in [1.807, 2.05) is 11.9 Å². The molecule has 15 heavy (non-hydrogen) atoms. The van der Waals surface area contributed by atoms with Crippen LogP contribution in [0.2, 0.25) is 0 Å². The first-order chi connectivity index (χ1) is 7.07. The van der Waals surface area contributed by atoms with E-state index in [1.54, 1.807) is 11.9 Å². The molecular weight excluding hydrogens is 192 g/mol. The minimum absolute atomic E-state index is 0.0146. The lowest BCUT2D eigenvalue weighted by Gasteiger charge is -2.43. The van der Waals surface area contributed by atoms with Gasteiger partial charge >= 0.3 is 0 Å². The molecule has 1 amide bonds. The molecule has 1 fully saturated rings. The zero-order valence-electron chi connectivity index (χ0n) is 9.94. The number of hydrazine groups is 1. The van der Waals surface area contributed by atoms with Crippen LogP contribution in [0.15, 0.2) is 0 Å². The Bertz CT molecular complexity index is 219. The van der Waals surface area contributed by atoms with Crippen molar-refractivity contribution in [2.75, 3.05) is 13.1 Å². The molecule has 0 spiro atoms. The Morgan fingerprint density at radius 3 is 2.67 bits per heavy atom. The highest BCUT2D eigenvalue weighted by Crippen LogP contribution is 2.17. The van der Waals surface area contributed by atoms with Crippen LogP contribution in [0.3, 0.4) is 0 Å². The van der Waals surface area contributed by atoms with Gasteiger partial charge in [0.2, 0.25) is 5.91 Å². The molecule has 4 nitrogen and oxygen atoms in total. The molecule has 1 heterocycles. The average Bonchev–Trinajstić information content (AvgIpc) is 2.20. The van der Waals surface area contributed by atoms with Gasteiger partial charge in [0.15, 0.2) is 0 Å². The summed E-state index contributed by atoms with van der Waals surface area (Å²) in [6.07, 6.45) is 2.09. The number of carbonyl (C=O) groups excluding carboxylic acids is 1.